The van der Waals surface area contributed by atoms with Gasteiger partial charge in [-0.1, -0.05) is 20.3 Å². The number of halogens is 1. The fraction of sp³-hybridized carbons (Fsp3) is 1.00. The Balaban J connectivity index is 3.80. The fourth-order valence-electron chi connectivity index (χ4n) is 0.712. The van der Waals surface area contributed by atoms with E-state index >= 15 is 0 Å². The average Bonchev–Trinajstić information content (AvgIpc) is 1.88. The van der Waals surface area contributed by atoms with Crippen LogP contribution in [0.15, 0.2) is 0 Å². The van der Waals surface area contributed by atoms with Gasteiger partial charge in [0.2, 0.25) is 0 Å². The van der Waals surface area contributed by atoms with Crippen molar-refractivity contribution in [1.29, 1.82) is 0 Å². The molecule has 0 fully saturated rings. The predicted molar refractivity (Wildman–Crippen MR) is 42.4 cm³/mol. The summed E-state index contributed by atoms with van der Waals surface area (Å²) >= 11 is 5.27. The van der Waals surface area contributed by atoms with Crippen LogP contribution in [0, 0.1) is 5.92 Å². The standard InChI is InChI=1S/C5H13BClNO2/c1-3-4(2)5(8-7)6(9)10/h4-5,8-10H,3H2,1-2H3. The van der Waals surface area contributed by atoms with Crippen LogP contribution in [0.5, 0.6) is 0 Å². The fourth-order valence-corrected chi connectivity index (χ4v) is 1.04. The Hall–Kier alpha value is 0.235. The van der Waals surface area contributed by atoms with Crippen molar-refractivity contribution in [3.8, 4) is 0 Å². The molecule has 60 valence electrons. The molecule has 2 atom stereocenters. The maximum atomic E-state index is 8.72. The smallest absolute Gasteiger partial charge is 0.426 e. The van der Waals surface area contributed by atoms with Crippen molar-refractivity contribution in [3.05, 3.63) is 0 Å². The molecule has 0 saturated heterocycles. The van der Waals surface area contributed by atoms with Crippen molar-refractivity contribution in [1.82, 2.24) is 4.84 Å². The monoisotopic (exact) mass is 165 g/mol. The first kappa shape index (κ1) is 10.2. The van der Waals surface area contributed by atoms with E-state index in [4.69, 9.17) is 21.8 Å². The summed E-state index contributed by atoms with van der Waals surface area (Å²) in [4.78, 5) is 2.32. The Kier molecular flexibility index (Phi) is 5.08. The Labute approximate surface area is 66.6 Å². The average molecular weight is 165 g/mol. The lowest BCUT2D eigenvalue weighted by molar-refractivity contribution is 0.346. The maximum Gasteiger partial charge on any atom is 0.471 e. The normalized spacial score (nSPS) is 16.5. The highest BCUT2D eigenvalue weighted by Gasteiger charge is 2.26. The summed E-state index contributed by atoms with van der Waals surface area (Å²) in [6.07, 6.45) is 0.863. The largest absolute Gasteiger partial charge is 0.471 e. The van der Waals surface area contributed by atoms with E-state index in [0.717, 1.165) is 6.42 Å². The Morgan fingerprint density at radius 3 is 2.20 bits per heavy atom. The summed E-state index contributed by atoms with van der Waals surface area (Å²) in [6, 6.07) is 0. The third kappa shape index (κ3) is 2.88. The third-order valence-electron chi connectivity index (χ3n) is 1.70. The van der Waals surface area contributed by atoms with Crippen LogP contribution in [0.4, 0.5) is 0 Å². The minimum atomic E-state index is -1.38. The van der Waals surface area contributed by atoms with Gasteiger partial charge < -0.3 is 10.0 Å². The summed E-state index contributed by atoms with van der Waals surface area (Å²) in [7, 11) is -1.38. The molecule has 0 amide bonds. The van der Waals surface area contributed by atoms with Gasteiger partial charge >= 0.3 is 7.12 Å². The molecule has 0 aliphatic carbocycles. The molecule has 0 bridgehead atoms. The van der Waals surface area contributed by atoms with E-state index in [-0.39, 0.29) is 5.92 Å². The molecule has 0 aromatic rings. The molecule has 0 saturated carbocycles. The van der Waals surface area contributed by atoms with Gasteiger partial charge in [0.25, 0.3) is 0 Å². The molecule has 3 nitrogen and oxygen atoms in total. The quantitative estimate of drug-likeness (QED) is 0.411. The first-order valence-corrected chi connectivity index (χ1v) is 3.73. The van der Waals surface area contributed by atoms with Gasteiger partial charge in [-0.15, -0.1) is 0 Å². The topological polar surface area (TPSA) is 52.5 Å². The van der Waals surface area contributed by atoms with E-state index in [2.05, 4.69) is 4.84 Å². The zero-order valence-corrected chi connectivity index (χ0v) is 6.97. The van der Waals surface area contributed by atoms with Crippen LogP contribution >= 0.6 is 11.8 Å². The molecule has 10 heavy (non-hydrogen) atoms. The van der Waals surface area contributed by atoms with Crippen molar-refractivity contribution in [2.45, 2.75) is 26.2 Å². The highest BCUT2D eigenvalue weighted by atomic mass is 35.5. The van der Waals surface area contributed by atoms with Gasteiger partial charge in [0.15, 0.2) is 0 Å². The second kappa shape index (κ2) is 4.96. The van der Waals surface area contributed by atoms with Gasteiger partial charge in [-0.05, 0) is 17.7 Å². The second-order valence-corrected chi connectivity index (χ2v) is 2.65. The first-order valence-electron chi connectivity index (χ1n) is 3.35. The van der Waals surface area contributed by atoms with Gasteiger partial charge in [0.1, 0.15) is 0 Å². The lowest BCUT2D eigenvalue weighted by Gasteiger charge is -2.19. The molecule has 0 aromatic heterocycles. The summed E-state index contributed by atoms with van der Waals surface area (Å²) in [5.74, 6) is -0.274. The Morgan fingerprint density at radius 2 is 2.10 bits per heavy atom. The van der Waals surface area contributed by atoms with E-state index in [1.807, 2.05) is 13.8 Å². The van der Waals surface area contributed by atoms with Crippen LogP contribution in [0.1, 0.15) is 20.3 Å². The van der Waals surface area contributed by atoms with E-state index in [1.165, 1.54) is 0 Å². The summed E-state index contributed by atoms with van der Waals surface area (Å²) < 4.78 is 0. The molecule has 2 unspecified atom stereocenters. The van der Waals surface area contributed by atoms with E-state index < -0.39 is 13.1 Å². The molecule has 0 aliphatic heterocycles. The summed E-state index contributed by atoms with van der Waals surface area (Å²) in [5.41, 5.74) is 0. The van der Waals surface area contributed by atoms with Crippen molar-refractivity contribution < 1.29 is 10.0 Å². The van der Waals surface area contributed by atoms with Crippen LogP contribution < -0.4 is 4.84 Å². The predicted octanol–water partition coefficient (Wildman–Crippen LogP) is 0.156. The van der Waals surface area contributed by atoms with Crippen molar-refractivity contribution in [2.75, 3.05) is 0 Å². The van der Waals surface area contributed by atoms with E-state index in [1.54, 1.807) is 0 Å². The molecule has 5 heteroatoms. The van der Waals surface area contributed by atoms with Crippen molar-refractivity contribution in [3.63, 3.8) is 0 Å². The van der Waals surface area contributed by atoms with Crippen LogP contribution in [-0.4, -0.2) is 23.1 Å². The van der Waals surface area contributed by atoms with Gasteiger partial charge in [-0.3, -0.25) is 0 Å². The molecule has 0 radical (unpaired) electrons. The Bertz CT molecular complexity index is 93.7. The minimum absolute atomic E-state index is 0.164. The van der Waals surface area contributed by atoms with Gasteiger partial charge in [0.05, 0.1) is 5.94 Å². The van der Waals surface area contributed by atoms with Crippen LogP contribution in [0.25, 0.3) is 0 Å². The molecule has 0 heterocycles. The molecular formula is C5H13BClNO2. The molecule has 0 rings (SSSR count). The SMILES string of the molecule is CCC(C)C(NCl)B(O)O. The van der Waals surface area contributed by atoms with Gasteiger partial charge in [-0.25, -0.2) is 4.84 Å². The number of hydrogen-bond donors (Lipinski definition) is 3. The minimum Gasteiger partial charge on any atom is -0.426 e. The Morgan fingerprint density at radius 1 is 1.60 bits per heavy atom. The molecular weight excluding hydrogens is 152 g/mol. The maximum absolute atomic E-state index is 8.72. The second-order valence-electron chi connectivity index (χ2n) is 2.43. The lowest BCUT2D eigenvalue weighted by atomic mass is 9.72. The zero-order chi connectivity index (χ0) is 8.15. The van der Waals surface area contributed by atoms with Crippen LogP contribution in [0.2, 0.25) is 0 Å². The number of rotatable bonds is 4. The van der Waals surface area contributed by atoms with E-state index in [9.17, 15) is 0 Å². The summed E-state index contributed by atoms with van der Waals surface area (Å²) in [6.45, 7) is 3.87. The van der Waals surface area contributed by atoms with Crippen LogP contribution in [0.3, 0.4) is 0 Å². The van der Waals surface area contributed by atoms with Crippen molar-refractivity contribution in [2.24, 2.45) is 5.92 Å². The highest BCUT2D eigenvalue weighted by Crippen LogP contribution is 2.08. The molecule has 0 aliphatic rings. The van der Waals surface area contributed by atoms with Crippen molar-refractivity contribution >= 4 is 18.9 Å². The number of nitrogens with one attached hydrogen (secondary N) is 1. The van der Waals surface area contributed by atoms with Gasteiger partial charge in [0, 0.05) is 0 Å². The summed E-state index contributed by atoms with van der Waals surface area (Å²) in [5, 5.41) is 17.4. The lowest BCUT2D eigenvalue weighted by Crippen LogP contribution is -2.43. The van der Waals surface area contributed by atoms with E-state index in [0.29, 0.717) is 0 Å². The third-order valence-corrected chi connectivity index (χ3v) is 1.96. The molecule has 0 spiro atoms. The molecule has 0 aromatic carbocycles. The first-order chi connectivity index (χ1) is 4.63. The highest BCUT2D eigenvalue weighted by molar-refractivity contribution is 6.44. The van der Waals surface area contributed by atoms with Gasteiger partial charge in [-0.2, -0.15) is 0 Å². The molecule has 3 N–H and O–H groups in total. The zero-order valence-electron chi connectivity index (χ0n) is 6.21. The van der Waals surface area contributed by atoms with Crippen LogP contribution in [-0.2, 0) is 0 Å². The number of hydrogen-bond acceptors (Lipinski definition) is 3.